The van der Waals surface area contributed by atoms with Crippen molar-refractivity contribution in [2.75, 3.05) is 7.05 Å². The third-order valence-electron chi connectivity index (χ3n) is 2.59. The lowest BCUT2D eigenvalue weighted by molar-refractivity contribution is 0.0690. The molecule has 20 heavy (non-hydrogen) atoms. The van der Waals surface area contributed by atoms with Crippen molar-refractivity contribution in [2.24, 2.45) is 0 Å². The average molecular weight is 311 g/mol. The first-order valence-electron chi connectivity index (χ1n) is 5.66. The molecule has 2 aromatic heterocycles. The predicted molar refractivity (Wildman–Crippen MR) is 76.3 cm³/mol. The van der Waals surface area contributed by atoms with Crippen molar-refractivity contribution >= 4 is 34.8 Å². The van der Waals surface area contributed by atoms with Crippen molar-refractivity contribution in [2.45, 2.75) is 6.54 Å². The van der Waals surface area contributed by atoms with Gasteiger partial charge in [-0.25, -0.2) is 9.78 Å². The highest BCUT2D eigenvalue weighted by Gasteiger charge is 2.15. The number of carbonyl (C=O) groups excluding carboxylic acids is 1. The Morgan fingerprint density at radius 2 is 2.15 bits per heavy atom. The predicted octanol–water partition coefficient (Wildman–Crippen LogP) is 2.77. The molecule has 0 radical (unpaired) electrons. The molecule has 0 aliphatic carbocycles. The molecule has 104 valence electrons. The van der Waals surface area contributed by atoms with Crippen LogP contribution in [0.1, 0.15) is 25.7 Å². The quantitative estimate of drug-likeness (QED) is 0.942. The second-order valence-corrected chi connectivity index (χ2v) is 5.90. The molecule has 1 amide bonds. The van der Waals surface area contributed by atoms with Gasteiger partial charge in [0, 0.05) is 23.7 Å². The minimum Gasteiger partial charge on any atom is -0.477 e. The molecule has 0 atom stereocenters. The fraction of sp³-hybridized carbons (Fsp3) is 0.154. The number of carboxylic acid groups (broad SMARTS) is 1. The standard InChI is InChI=1S/C13H11ClN2O3S/c1-16(7-9-2-3-11(14)20-9)12(17)8-4-5-15-10(6-8)13(18)19/h2-6H,7H2,1H3,(H,18,19). The molecule has 0 saturated heterocycles. The molecule has 2 aromatic rings. The van der Waals surface area contributed by atoms with E-state index in [1.54, 1.807) is 13.1 Å². The zero-order valence-electron chi connectivity index (χ0n) is 10.5. The number of carboxylic acids is 1. The van der Waals surface area contributed by atoms with E-state index in [0.29, 0.717) is 16.4 Å². The van der Waals surface area contributed by atoms with Gasteiger partial charge in [0.2, 0.25) is 0 Å². The van der Waals surface area contributed by atoms with Gasteiger partial charge >= 0.3 is 5.97 Å². The van der Waals surface area contributed by atoms with Crippen molar-refractivity contribution in [1.29, 1.82) is 0 Å². The lowest BCUT2D eigenvalue weighted by Crippen LogP contribution is -2.26. The zero-order valence-corrected chi connectivity index (χ0v) is 12.1. The number of aromatic nitrogens is 1. The maximum atomic E-state index is 12.2. The molecule has 0 bridgehead atoms. The summed E-state index contributed by atoms with van der Waals surface area (Å²) in [6, 6.07) is 6.39. The summed E-state index contributed by atoms with van der Waals surface area (Å²) in [5, 5.41) is 8.87. The normalized spacial score (nSPS) is 10.3. The summed E-state index contributed by atoms with van der Waals surface area (Å²) in [5.74, 6) is -1.42. The Bertz CT molecular complexity index is 657. The summed E-state index contributed by atoms with van der Waals surface area (Å²) in [4.78, 5) is 29.2. The Balaban J connectivity index is 2.14. The van der Waals surface area contributed by atoms with Crippen LogP contribution in [0.3, 0.4) is 0 Å². The summed E-state index contributed by atoms with van der Waals surface area (Å²) in [6.45, 7) is 0.418. The van der Waals surface area contributed by atoms with Crippen LogP contribution in [0.15, 0.2) is 30.5 Å². The lowest BCUT2D eigenvalue weighted by Gasteiger charge is -2.16. The second kappa shape index (κ2) is 6.02. The van der Waals surface area contributed by atoms with E-state index in [1.165, 1.54) is 34.6 Å². The molecule has 2 heterocycles. The maximum Gasteiger partial charge on any atom is 0.354 e. The van der Waals surface area contributed by atoms with E-state index in [2.05, 4.69) is 4.98 Å². The van der Waals surface area contributed by atoms with Gasteiger partial charge in [-0.1, -0.05) is 11.6 Å². The van der Waals surface area contributed by atoms with Crippen LogP contribution in [0.2, 0.25) is 4.34 Å². The molecule has 0 aliphatic rings. The smallest absolute Gasteiger partial charge is 0.354 e. The van der Waals surface area contributed by atoms with Crippen LogP contribution in [0.5, 0.6) is 0 Å². The number of carbonyl (C=O) groups is 2. The molecule has 1 N–H and O–H groups in total. The first-order valence-corrected chi connectivity index (χ1v) is 6.86. The van der Waals surface area contributed by atoms with Gasteiger partial charge in [-0.3, -0.25) is 4.79 Å². The Kier molecular flexibility index (Phi) is 4.36. The van der Waals surface area contributed by atoms with Crippen molar-refractivity contribution < 1.29 is 14.7 Å². The maximum absolute atomic E-state index is 12.2. The third-order valence-corrected chi connectivity index (χ3v) is 3.81. The largest absolute Gasteiger partial charge is 0.477 e. The van der Waals surface area contributed by atoms with Crippen LogP contribution in [0, 0.1) is 0 Å². The van der Waals surface area contributed by atoms with Crippen LogP contribution in [-0.2, 0) is 6.54 Å². The summed E-state index contributed by atoms with van der Waals surface area (Å²) < 4.78 is 0.665. The van der Waals surface area contributed by atoms with Crippen LogP contribution in [0.4, 0.5) is 0 Å². The van der Waals surface area contributed by atoms with Crippen molar-refractivity contribution in [3.05, 3.63) is 50.9 Å². The van der Waals surface area contributed by atoms with Crippen LogP contribution in [0.25, 0.3) is 0 Å². The number of pyridine rings is 1. The number of hydrogen-bond donors (Lipinski definition) is 1. The first-order chi connectivity index (χ1) is 9.47. The Labute approximate surface area is 124 Å². The van der Waals surface area contributed by atoms with Crippen molar-refractivity contribution in [3.8, 4) is 0 Å². The number of hydrogen-bond acceptors (Lipinski definition) is 4. The van der Waals surface area contributed by atoms with Crippen molar-refractivity contribution in [3.63, 3.8) is 0 Å². The fourth-order valence-electron chi connectivity index (χ4n) is 1.64. The number of nitrogens with zero attached hydrogens (tertiary/aromatic N) is 2. The Hall–Kier alpha value is -1.92. The molecule has 0 aliphatic heterocycles. The lowest BCUT2D eigenvalue weighted by atomic mass is 10.2. The summed E-state index contributed by atoms with van der Waals surface area (Å²) in [5.41, 5.74) is 0.144. The SMILES string of the molecule is CN(Cc1ccc(Cl)s1)C(=O)c1ccnc(C(=O)O)c1. The number of thiophene rings is 1. The molecule has 2 rings (SSSR count). The monoisotopic (exact) mass is 310 g/mol. The highest BCUT2D eigenvalue weighted by atomic mass is 35.5. The van der Waals surface area contributed by atoms with Gasteiger partial charge in [0.05, 0.1) is 10.9 Å². The molecule has 0 saturated carbocycles. The van der Waals surface area contributed by atoms with Gasteiger partial charge in [0.15, 0.2) is 0 Å². The van der Waals surface area contributed by atoms with E-state index in [0.717, 1.165) is 4.88 Å². The average Bonchev–Trinajstić information content (AvgIpc) is 2.83. The Morgan fingerprint density at radius 1 is 1.40 bits per heavy atom. The van der Waals surface area contributed by atoms with E-state index in [-0.39, 0.29) is 11.6 Å². The molecule has 0 spiro atoms. The van der Waals surface area contributed by atoms with E-state index in [9.17, 15) is 9.59 Å². The second-order valence-electron chi connectivity index (χ2n) is 4.10. The molecule has 0 aromatic carbocycles. The van der Waals surface area contributed by atoms with Gasteiger partial charge in [-0.15, -0.1) is 11.3 Å². The number of rotatable bonds is 4. The molecule has 0 fully saturated rings. The fourth-order valence-corrected chi connectivity index (χ4v) is 2.78. The minimum atomic E-state index is -1.16. The van der Waals surface area contributed by atoms with Gasteiger partial charge in [0.1, 0.15) is 5.69 Å². The number of halogens is 1. The zero-order chi connectivity index (χ0) is 14.7. The molecule has 7 heteroatoms. The van der Waals surface area contributed by atoms with Crippen LogP contribution < -0.4 is 0 Å². The highest BCUT2D eigenvalue weighted by Crippen LogP contribution is 2.22. The van der Waals surface area contributed by atoms with Gasteiger partial charge < -0.3 is 10.0 Å². The summed E-state index contributed by atoms with van der Waals surface area (Å²) in [6.07, 6.45) is 1.31. The molecule has 0 unspecified atom stereocenters. The molecule has 5 nitrogen and oxygen atoms in total. The van der Waals surface area contributed by atoms with Gasteiger partial charge in [0.25, 0.3) is 5.91 Å². The first kappa shape index (κ1) is 14.5. The minimum absolute atomic E-state index is 0.150. The topological polar surface area (TPSA) is 70.5 Å². The van der Waals surface area contributed by atoms with Gasteiger partial charge in [-0.2, -0.15) is 0 Å². The third kappa shape index (κ3) is 3.34. The summed E-state index contributed by atoms with van der Waals surface area (Å²) in [7, 11) is 1.65. The van der Waals surface area contributed by atoms with E-state index in [1.807, 2.05) is 6.07 Å². The van der Waals surface area contributed by atoms with E-state index in [4.69, 9.17) is 16.7 Å². The number of aromatic carboxylic acids is 1. The number of amides is 1. The van der Waals surface area contributed by atoms with Crippen molar-refractivity contribution in [1.82, 2.24) is 9.88 Å². The van der Waals surface area contributed by atoms with E-state index < -0.39 is 5.97 Å². The van der Waals surface area contributed by atoms with E-state index >= 15 is 0 Å². The van der Waals surface area contributed by atoms with Gasteiger partial charge in [-0.05, 0) is 24.3 Å². The van der Waals surface area contributed by atoms with Crippen LogP contribution in [-0.4, -0.2) is 33.9 Å². The van der Waals surface area contributed by atoms with Crippen LogP contribution >= 0.6 is 22.9 Å². The molecular formula is C13H11ClN2O3S. The molecular weight excluding hydrogens is 300 g/mol. The summed E-state index contributed by atoms with van der Waals surface area (Å²) >= 11 is 7.24. The Morgan fingerprint density at radius 3 is 2.75 bits per heavy atom. The highest BCUT2D eigenvalue weighted by molar-refractivity contribution is 7.16.